The fraction of sp³-hybridized carbons (Fsp3) is 0.682. The van der Waals surface area contributed by atoms with Crippen molar-refractivity contribution in [1.29, 1.82) is 0 Å². The van der Waals surface area contributed by atoms with Crippen LogP contribution in [0.4, 0.5) is 0 Å². The zero-order valence-electron chi connectivity index (χ0n) is 17.1. The molecule has 2 aromatic rings. The number of hydrogen-bond acceptors (Lipinski definition) is 5. The molecule has 0 aromatic carbocycles. The summed E-state index contributed by atoms with van der Waals surface area (Å²) in [6.07, 6.45) is 12.8. The fourth-order valence-corrected chi connectivity index (χ4v) is 5.22. The number of nitrogens with one attached hydrogen (secondary N) is 1. The number of pyridine rings is 1. The van der Waals surface area contributed by atoms with Crippen molar-refractivity contribution in [3.63, 3.8) is 0 Å². The first kappa shape index (κ1) is 19.0. The van der Waals surface area contributed by atoms with Gasteiger partial charge in [-0.2, -0.15) is 0 Å². The summed E-state index contributed by atoms with van der Waals surface area (Å²) in [7, 11) is 0. The molecule has 7 nitrogen and oxygen atoms in total. The Labute approximate surface area is 171 Å². The van der Waals surface area contributed by atoms with Gasteiger partial charge in [0.05, 0.1) is 11.9 Å². The highest BCUT2D eigenvalue weighted by molar-refractivity contribution is 5.96. The second kappa shape index (κ2) is 8.40. The maximum Gasteiger partial charge on any atom is 0.253 e. The number of aromatic nitrogens is 3. The molecule has 1 aliphatic carbocycles. The molecule has 3 fully saturated rings. The molecule has 0 unspecified atom stereocenters. The second-order valence-corrected chi connectivity index (χ2v) is 8.78. The van der Waals surface area contributed by atoms with Gasteiger partial charge < -0.3 is 19.5 Å². The van der Waals surface area contributed by atoms with E-state index < -0.39 is 0 Å². The van der Waals surface area contributed by atoms with Crippen LogP contribution >= 0.6 is 0 Å². The second-order valence-electron chi connectivity index (χ2n) is 8.78. The predicted octanol–water partition coefficient (Wildman–Crippen LogP) is 2.92. The Bertz CT molecular complexity index is 846. The minimum absolute atomic E-state index is 0.0284. The zero-order valence-corrected chi connectivity index (χ0v) is 17.1. The first-order valence-electron chi connectivity index (χ1n) is 11.2. The molecule has 1 saturated carbocycles. The number of amides is 1. The lowest BCUT2D eigenvalue weighted by atomic mass is 9.99. The molecule has 2 aliphatic heterocycles. The Morgan fingerprint density at radius 1 is 1.00 bits per heavy atom. The van der Waals surface area contributed by atoms with E-state index in [0.717, 1.165) is 63.2 Å². The minimum Gasteiger partial charge on any atom is -0.381 e. The van der Waals surface area contributed by atoms with Gasteiger partial charge in [-0.1, -0.05) is 12.8 Å². The number of imidazole rings is 1. The third-order valence-electron chi connectivity index (χ3n) is 6.97. The van der Waals surface area contributed by atoms with Gasteiger partial charge in [-0.3, -0.25) is 4.79 Å². The third kappa shape index (κ3) is 4.03. The van der Waals surface area contributed by atoms with Crippen LogP contribution in [0.1, 0.15) is 67.8 Å². The van der Waals surface area contributed by atoms with Crippen LogP contribution in [-0.4, -0.2) is 63.7 Å². The fourth-order valence-electron chi connectivity index (χ4n) is 5.22. The van der Waals surface area contributed by atoms with Crippen LogP contribution in [0.25, 0.3) is 11.2 Å². The van der Waals surface area contributed by atoms with Crippen LogP contribution in [-0.2, 0) is 4.74 Å². The summed E-state index contributed by atoms with van der Waals surface area (Å²) in [5.74, 6) is -0.0284. The molecule has 1 N–H and O–H groups in total. The first-order valence-corrected chi connectivity index (χ1v) is 11.2. The van der Waals surface area contributed by atoms with Gasteiger partial charge >= 0.3 is 0 Å². The summed E-state index contributed by atoms with van der Waals surface area (Å²) in [6.45, 7) is 3.87. The first-order chi connectivity index (χ1) is 14.3. The lowest BCUT2D eigenvalue weighted by Crippen LogP contribution is -2.49. The van der Waals surface area contributed by atoms with E-state index in [1.165, 1.54) is 25.7 Å². The minimum atomic E-state index is -0.0284. The van der Waals surface area contributed by atoms with E-state index in [-0.39, 0.29) is 11.9 Å². The van der Waals surface area contributed by atoms with E-state index >= 15 is 0 Å². The molecule has 156 valence electrons. The number of rotatable bonds is 4. The summed E-state index contributed by atoms with van der Waals surface area (Å²) in [4.78, 5) is 24.5. The molecule has 2 aromatic heterocycles. The number of carbonyl (C=O) groups is 1. The number of ether oxygens (including phenoxy) is 1. The summed E-state index contributed by atoms with van der Waals surface area (Å²) in [5, 5.41) is 3.22. The molecule has 0 atom stereocenters. The number of hydrogen-bond donors (Lipinski definition) is 1. The highest BCUT2D eigenvalue weighted by Crippen LogP contribution is 2.31. The standard InChI is InChI=1S/C22H31N5O2/c28-22(25-17-5-9-26(10-6-17)18-7-11-29-12-8-18)16-13-20-21(23-14-16)27(15-24-20)19-3-1-2-4-19/h13-15,17-19H,1-12H2,(H,25,28). The molecular weight excluding hydrogens is 366 g/mol. The van der Waals surface area contributed by atoms with Crippen LogP contribution in [0.5, 0.6) is 0 Å². The van der Waals surface area contributed by atoms with Crippen molar-refractivity contribution in [3.8, 4) is 0 Å². The normalized spacial score (nSPS) is 23.0. The predicted molar refractivity (Wildman–Crippen MR) is 111 cm³/mol. The van der Waals surface area contributed by atoms with Crippen LogP contribution in [0, 0.1) is 0 Å². The highest BCUT2D eigenvalue weighted by atomic mass is 16.5. The van der Waals surface area contributed by atoms with Crippen molar-refractivity contribution in [2.45, 2.75) is 69.5 Å². The molecule has 3 aliphatic rings. The molecule has 2 saturated heterocycles. The lowest BCUT2D eigenvalue weighted by Gasteiger charge is -2.39. The average molecular weight is 398 g/mol. The molecule has 7 heteroatoms. The summed E-state index contributed by atoms with van der Waals surface area (Å²) in [5.41, 5.74) is 2.33. The Morgan fingerprint density at radius 3 is 2.52 bits per heavy atom. The maximum absolute atomic E-state index is 12.8. The largest absolute Gasteiger partial charge is 0.381 e. The Hall–Kier alpha value is -1.99. The molecule has 29 heavy (non-hydrogen) atoms. The highest BCUT2D eigenvalue weighted by Gasteiger charge is 2.27. The van der Waals surface area contributed by atoms with Gasteiger partial charge in [0.15, 0.2) is 5.65 Å². The van der Waals surface area contributed by atoms with Crippen molar-refractivity contribution in [3.05, 3.63) is 24.2 Å². The van der Waals surface area contributed by atoms with Gasteiger partial charge in [0.2, 0.25) is 0 Å². The number of fused-ring (bicyclic) bond motifs is 1. The Morgan fingerprint density at radius 2 is 1.76 bits per heavy atom. The van der Waals surface area contributed by atoms with Gasteiger partial charge in [0.1, 0.15) is 5.52 Å². The molecule has 4 heterocycles. The summed E-state index contributed by atoms with van der Waals surface area (Å²) >= 11 is 0. The number of likely N-dealkylation sites (tertiary alicyclic amines) is 1. The van der Waals surface area contributed by atoms with Gasteiger partial charge in [-0.25, -0.2) is 9.97 Å². The topological polar surface area (TPSA) is 72.3 Å². The van der Waals surface area contributed by atoms with Crippen LogP contribution in [0.15, 0.2) is 18.6 Å². The molecule has 5 rings (SSSR count). The molecule has 0 spiro atoms. The molecule has 1 amide bonds. The molecule has 0 bridgehead atoms. The van der Waals surface area contributed by atoms with Gasteiger partial charge in [0, 0.05) is 50.6 Å². The quantitative estimate of drug-likeness (QED) is 0.859. The van der Waals surface area contributed by atoms with Crippen molar-refractivity contribution in [1.82, 2.24) is 24.8 Å². The lowest BCUT2D eigenvalue weighted by molar-refractivity contribution is 0.0238. The van der Waals surface area contributed by atoms with Crippen LogP contribution < -0.4 is 5.32 Å². The van der Waals surface area contributed by atoms with E-state index in [1.54, 1.807) is 6.20 Å². The van der Waals surface area contributed by atoms with Gasteiger partial charge in [-0.15, -0.1) is 0 Å². The van der Waals surface area contributed by atoms with E-state index in [1.807, 2.05) is 12.4 Å². The number of carbonyl (C=O) groups excluding carboxylic acids is 1. The average Bonchev–Trinajstić information content (AvgIpc) is 3.44. The van der Waals surface area contributed by atoms with Crippen molar-refractivity contribution in [2.24, 2.45) is 0 Å². The van der Waals surface area contributed by atoms with Crippen LogP contribution in [0.2, 0.25) is 0 Å². The Balaban J connectivity index is 1.19. The zero-order chi connectivity index (χ0) is 19.6. The monoisotopic (exact) mass is 397 g/mol. The summed E-state index contributed by atoms with van der Waals surface area (Å²) < 4.78 is 7.67. The smallest absolute Gasteiger partial charge is 0.253 e. The third-order valence-corrected chi connectivity index (χ3v) is 6.97. The maximum atomic E-state index is 12.8. The Kier molecular flexibility index (Phi) is 5.50. The van der Waals surface area contributed by atoms with E-state index in [0.29, 0.717) is 17.6 Å². The van der Waals surface area contributed by atoms with E-state index in [9.17, 15) is 4.79 Å². The summed E-state index contributed by atoms with van der Waals surface area (Å²) in [6, 6.07) is 3.29. The van der Waals surface area contributed by atoms with Crippen molar-refractivity contribution < 1.29 is 9.53 Å². The number of piperidine rings is 1. The molecule has 0 radical (unpaired) electrons. The molecular formula is C22H31N5O2. The number of nitrogens with zero attached hydrogens (tertiary/aromatic N) is 4. The van der Waals surface area contributed by atoms with E-state index in [2.05, 4.69) is 24.8 Å². The van der Waals surface area contributed by atoms with E-state index in [4.69, 9.17) is 4.74 Å². The van der Waals surface area contributed by atoms with Gasteiger partial charge in [-0.05, 0) is 44.6 Å². The van der Waals surface area contributed by atoms with Crippen molar-refractivity contribution >= 4 is 17.1 Å². The van der Waals surface area contributed by atoms with Crippen LogP contribution in [0.3, 0.4) is 0 Å². The van der Waals surface area contributed by atoms with Gasteiger partial charge in [0.25, 0.3) is 5.91 Å². The SMILES string of the molecule is O=C(NC1CCN(C2CCOCC2)CC1)c1cnc2c(c1)ncn2C1CCCC1. The van der Waals surface area contributed by atoms with Crippen molar-refractivity contribution in [2.75, 3.05) is 26.3 Å².